The van der Waals surface area contributed by atoms with Gasteiger partial charge in [-0.25, -0.2) is 14.8 Å². The second-order valence-corrected chi connectivity index (χ2v) is 4.99. The zero-order chi connectivity index (χ0) is 15.8. The number of carbonyl (C=O) groups is 1. The average molecular weight is 305 g/mol. The van der Waals surface area contributed by atoms with Gasteiger partial charge in [0.25, 0.3) is 11.5 Å². The highest BCUT2D eigenvalue weighted by Crippen LogP contribution is 2.14. The highest BCUT2D eigenvalue weighted by molar-refractivity contribution is 6.08. The monoisotopic (exact) mass is 305 g/mol. The van der Waals surface area contributed by atoms with Crippen LogP contribution in [0.4, 0.5) is 0 Å². The molecule has 0 aliphatic heterocycles. The summed E-state index contributed by atoms with van der Waals surface area (Å²) in [4.78, 5) is 28.5. The Labute approximate surface area is 129 Å². The zero-order valence-corrected chi connectivity index (χ0v) is 11.9. The molecule has 2 heterocycles. The van der Waals surface area contributed by atoms with Crippen LogP contribution in [0, 0.1) is 0 Å². The van der Waals surface area contributed by atoms with E-state index in [0.717, 1.165) is 11.0 Å². The van der Waals surface area contributed by atoms with E-state index in [9.17, 15) is 9.59 Å². The van der Waals surface area contributed by atoms with Crippen molar-refractivity contribution in [2.45, 2.75) is 0 Å². The minimum Gasteiger partial charge on any atom is -0.267 e. The first kappa shape index (κ1) is 13.2. The lowest BCUT2D eigenvalue weighted by atomic mass is 10.1. The third-order valence-corrected chi connectivity index (χ3v) is 3.59. The van der Waals surface area contributed by atoms with Crippen LogP contribution in [-0.2, 0) is 0 Å². The van der Waals surface area contributed by atoms with Gasteiger partial charge in [-0.2, -0.15) is 5.10 Å². The maximum atomic E-state index is 12.5. The van der Waals surface area contributed by atoms with Crippen molar-refractivity contribution in [2.75, 3.05) is 5.43 Å². The van der Waals surface area contributed by atoms with E-state index in [1.807, 2.05) is 24.3 Å². The number of carbonyl (C=O) groups excluding carboxylic acids is 1. The van der Waals surface area contributed by atoms with E-state index >= 15 is 0 Å². The van der Waals surface area contributed by atoms with Crippen molar-refractivity contribution in [1.82, 2.24) is 19.9 Å². The van der Waals surface area contributed by atoms with E-state index in [-0.39, 0.29) is 11.3 Å². The molecule has 0 fully saturated rings. The van der Waals surface area contributed by atoms with Gasteiger partial charge in [0.1, 0.15) is 6.33 Å². The van der Waals surface area contributed by atoms with E-state index in [2.05, 4.69) is 20.6 Å². The Balaban J connectivity index is 1.78. The number of fused-ring (bicyclic) bond motifs is 2. The Morgan fingerprint density at radius 3 is 2.65 bits per heavy atom. The molecule has 0 atom stereocenters. The summed E-state index contributed by atoms with van der Waals surface area (Å²) in [6.07, 6.45) is 1.52. The largest absolute Gasteiger partial charge is 0.291 e. The molecule has 0 aliphatic rings. The average Bonchev–Trinajstić information content (AvgIpc) is 2.98. The fourth-order valence-electron chi connectivity index (χ4n) is 2.50. The van der Waals surface area contributed by atoms with Gasteiger partial charge in [-0.15, -0.1) is 0 Å². The zero-order valence-electron chi connectivity index (χ0n) is 11.9. The molecular weight excluding hydrogens is 294 g/mol. The molecule has 0 aliphatic carbocycles. The number of hydrogen-bond donors (Lipinski definition) is 2. The summed E-state index contributed by atoms with van der Waals surface area (Å²) in [6.45, 7) is 0. The molecular formula is C16H11N5O2. The molecule has 7 nitrogen and oxygen atoms in total. The van der Waals surface area contributed by atoms with Gasteiger partial charge in [0.15, 0.2) is 5.69 Å². The van der Waals surface area contributed by atoms with E-state index in [0.29, 0.717) is 10.8 Å². The maximum Gasteiger partial charge on any atom is 0.291 e. The predicted molar refractivity (Wildman–Crippen MR) is 85.8 cm³/mol. The van der Waals surface area contributed by atoms with Crippen LogP contribution in [0.25, 0.3) is 21.8 Å². The third kappa shape index (κ3) is 2.15. The molecule has 2 N–H and O–H groups in total. The van der Waals surface area contributed by atoms with Gasteiger partial charge in [0.2, 0.25) is 0 Å². The standard InChI is InChI=1S/C16H11N5O2/c22-15-11-6-2-1-5-10(11)14(18-19-15)16(23)20-21-9-17-12-7-3-4-8-13(12)21/h1-9H,(H,19,22)(H,20,23). The summed E-state index contributed by atoms with van der Waals surface area (Å²) in [5.74, 6) is -0.430. The van der Waals surface area contributed by atoms with Crippen molar-refractivity contribution in [1.29, 1.82) is 0 Å². The molecule has 23 heavy (non-hydrogen) atoms. The number of rotatable bonds is 2. The number of H-pyrrole nitrogens is 1. The van der Waals surface area contributed by atoms with Crippen LogP contribution in [0.2, 0.25) is 0 Å². The van der Waals surface area contributed by atoms with Crippen molar-refractivity contribution in [3.8, 4) is 0 Å². The Morgan fingerprint density at radius 2 is 1.78 bits per heavy atom. The van der Waals surface area contributed by atoms with Crippen molar-refractivity contribution < 1.29 is 4.79 Å². The first-order chi connectivity index (χ1) is 11.2. The number of hydrogen-bond acceptors (Lipinski definition) is 4. The van der Waals surface area contributed by atoms with Gasteiger partial charge in [-0.05, 0) is 18.2 Å². The Kier molecular flexibility index (Phi) is 2.90. The molecule has 0 saturated carbocycles. The van der Waals surface area contributed by atoms with Crippen LogP contribution in [0.5, 0.6) is 0 Å². The molecule has 112 valence electrons. The van der Waals surface area contributed by atoms with Gasteiger partial charge < -0.3 is 0 Å². The van der Waals surface area contributed by atoms with E-state index in [4.69, 9.17) is 0 Å². The normalized spacial score (nSPS) is 11.0. The summed E-state index contributed by atoms with van der Waals surface area (Å²) in [5.41, 5.74) is 4.09. The Hall–Kier alpha value is -3.48. The van der Waals surface area contributed by atoms with Crippen molar-refractivity contribution >= 4 is 27.7 Å². The molecule has 0 spiro atoms. The number of imidazole rings is 1. The Morgan fingerprint density at radius 1 is 1.04 bits per heavy atom. The lowest BCUT2D eigenvalue weighted by Crippen LogP contribution is -2.25. The first-order valence-electron chi connectivity index (χ1n) is 6.95. The van der Waals surface area contributed by atoms with Crippen molar-refractivity contribution in [3.05, 3.63) is 70.9 Å². The summed E-state index contributed by atoms with van der Waals surface area (Å²) in [6, 6.07) is 14.3. The van der Waals surface area contributed by atoms with Crippen LogP contribution < -0.4 is 11.0 Å². The summed E-state index contributed by atoms with van der Waals surface area (Å²) >= 11 is 0. The quantitative estimate of drug-likeness (QED) is 0.589. The molecule has 0 unspecified atom stereocenters. The molecule has 0 saturated heterocycles. The van der Waals surface area contributed by atoms with Crippen LogP contribution in [0.3, 0.4) is 0 Å². The number of nitrogens with one attached hydrogen (secondary N) is 2. The topological polar surface area (TPSA) is 92.7 Å². The summed E-state index contributed by atoms with van der Waals surface area (Å²) < 4.78 is 1.53. The number of para-hydroxylation sites is 2. The van der Waals surface area contributed by atoms with Gasteiger partial charge in [0.05, 0.1) is 16.4 Å². The van der Waals surface area contributed by atoms with Gasteiger partial charge in [-0.3, -0.25) is 15.0 Å². The molecule has 2 aromatic carbocycles. The fourth-order valence-corrected chi connectivity index (χ4v) is 2.50. The molecule has 7 heteroatoms. The van der Waals surface area contributed by atoms with Crippen LogP contribution >= 0.6 is 0 Å². The number of aromatic nitrogens is 4. The number of aromatic amines is 1. The molecule has 0 bridgehead atoms. The van der Waals surface area contributed by atoms with Crippen LogP contribution in [0.1, 0.15) is 10.5 Å². The van der Waals surface area contributed by atoms with Crippen molar-refractivity contribution in [2.24, 2.45) is 0 Å². The molecule has 1 amide bonds. The molecule has 0 radical (unpaired) electrons. The fraction of sp³-hybridized carbons (Fsp3) is 0. The second-order valence-electron chi connectivity index (χ2n) is 4.99. The minimum atomic E-state index is -0.430. The highest BCUT2D eigenvalue weighted by atomic mass is 16.2. The van der Waals surface area contributed by atoms with E-state index in [1.165, 1.54) is 11.0 Å². The van der Waals surface area contributed by atoms with Gasteiger partial charge in [-0.1, -0.05) is 30.3 Å². The molecule has 2 aromatic heterocycles. The maximum absolute atomic E-state index is 12.5. The van der Waals surface area contributed by atoms with Gasteiger partial charge in [0, 0.05) is 5.39 Å². The van der Waals surface area contributed by atoms with Crippen LogP contribution in [0.15, 0.2) is 59.7 Å². The summed E-state index contributed by atoms with van der Waals surface area (Å²) in [7, 11) is 0. The third-order valence-electron chi connectivity index (χ3n) is 3.59. The van der Waals surface area contributed by atoms with Gasteiger partial charge >= 0.3 is 0 Å². The SMILES string of the molecule is O=C(Nn1cnc2ccccc21)c1n[nH]c(=O)c2ccccc12. The Bertz CT molecular complexity index is 1100. The molecule has 4 rings (SSSR count). The molecule has 4 aromatic rings. The number of nitrogens with zero attached hydrogens (tertiary/aromatic N) is 3. The van der Waals surface area contributed by atoms with Crippen LogP contribution in [-0.4, -0.2) is 25.8 Å². The summed E-state index contributed by atoms with van der Waals surface area (Å²) in [5, 5.41) is 7.15. The number of benzene rings is 2. The highest BCUT2D eigenvalue weighted by Gasteiger charge is 2.15. The second kappa shape index (κ2) is 5.06. The minimum absolute atomic E-state index is 0.151. The van der Waals surface area contributed by atoms with E-state index < -0.39 is 5.91 Å². The lowest BCUT2D eigenvalue weighted by Gasteiger charge is -2.08. The predicted octanol–water partition coefficient (Wildman–Crippen LogP) is 1.66. The lowest BCUT2D eigenvalue weighted by molar-refractivity contribution is 0.100. The first-order valence-corrected chi connectivity index (χ1v) is 6.95. The van der Waals surface area contributed by atoms with Crippen molar-refractivity contribution in [3.63, 3.8) is 0 Å². The smallest absolute Gasteiger partial charge is 0.267 e. The number of amides is 1. The van der Waals surface area contributed by atoms with E-state index in [1.54, 1.807) is 24.3 Å².